The Hall–Kier alpha value is -4.01. The van der Waals surface area contributed by atoms with Crippen LogP contribution in [0.1, 0.15) is 64.0 Å². The first-order valence-electron chi connectivity index (χ1n) is 15.3. The number of methoxy groups -OCH3 is 1. The van der Waals surface area contributed by atoms with Gasteiger partial charge >= 0.3 is 5.97 Å². The minimum absolute atomic E-state index is 0.130. The number of ether oxygens (including phenoxy) is 3. The minimum atomic E-state index is -0.569. The van der Waals surface area contributed by atoms with Crippen molar-refractivity contribution in [3.05, 3.63) is 93.5 Å². The van der Waals surface area contributed by atoms with Crippen LogP contribution in [-0.4, -0.2) is 65.9 Å². The van der Waals surface area contributed by atoms with E-state index >= 15 is 0 Å². The van der Waals surface area contributed by atoms with Gasteiger partial charge in [-0.05, 0) is 85.8 Å². The zero-order valence-corrected chi connectivity index (χ0v) is 25.7. The summed E-state index contributed by atoms with van der Waals surface area (Å²) in [5.74, 6) is 2.52. The Morgan fingerprint density at radius 2 is 1.93 bits per heavy atom. The first-order valence-corrected chi connectivity index (χ1v) is 15.7. The molecule has 2 fully saturated rings. The third-order valence-electron chi connectivity index (χ3n) is 9.35. The summed E-state index contributed by atoms with van der Waals surface area (Å²) in [6.45, 7) is 3.93. The highest BCUT2D eigenvalue weighted by molar-refractivity contribution is 6.30. The topological polar surface area (TPSA) is 82.9 Å². The van der Waals surface area contributed by atoms with Crippen LogP contribution in [0.15, 0.2) is 54.6 Å². The van der Waals surface area contributed by atoms with Crippen molar-refractivity contribution in [2.45, 2.75) is 50.3 Å². The van der Waals surface area contributed by atoms with Crippen LogP contribution in [0, 0.1) is 5.82 Å². The standard InChI is InChI=1S/C35H33ClFN3O5/c1-43-35(42)22-5-8-30-31(15-22)40(17-24-11-14-44-24)33(38-30)18-39-12-9-21(10-13-39)25-3-2-4-32-34(25)27(19-41)28(20-45-32)26-7-6-23(36)16-29(26)37/h2-8,15-16,21,24,28H,9-14,17-18,20H2,1H3/t24-,28?/m0/s1. The van der Waals surface area contributed by atoms with Crippen LogP contribution in [0.2, 0.25) is 5.02 Å². The normalized spacial score (nSPS) is 20.3. The second-order valence-corrected chi connectivity index (χ2v) is 12.4. The number of aromatic nitrogens is 2. The van der Waals surface area contributed by atoms with Gasteiger partial charge in [-0.1, -0.05) is 29.8 Å². The van der Waals surface area contributed by atoms with E-state index in [-0.39, 0.29) is 24.6 Å². The molecular formula is C35H33ClFN3O5. The largest absolute Gasteiger partial charge is 0.492 e. The molecule has 4 aromatic rings. The second kappa shape index (κ2) is 12.4. The van der Waals surface area contributed by atoms with Gasteiger partial charge in [0.2, 0.25) is 0 Å². The zero-order valence-electron chi connectivity index (χ0n) is 24.9. The molecule has 10 heteroatoms. The second-order valence-electron chi connectivity index (χ2n) is 11.9. The van der Waals surface area contributed by atoms with E-state index in [1.165, 1.54) is 13.2 Å². The lowest BCUT2D eigenvalue weighted by molar-refractivity contribution is -0.0592. The SMILES string of the molecule is COC(=O)c1ccc2nc(CN3CCC(c4cccc5c4C(=C=O)C(c4ccc(Cl)cc4F)CO5)CC3)n(C[C@@H]3CCO3)c2c1. The number of benzene rings is 3. The summed E-state index contributed by atoms with van der Waals surface area (Å²) < 4.78 is 33.9. The summed E-state index contributed by atoms with van der Waals surface area (Å²) >= 11 is 5.99. The highest BCUT2D eigenvalue weighted by Gasteiger charge is 2.34. The van der Waals surface area contributed by atoms with E-state index < -0.39 is 11.7 Å². The van der Waals surface area contributed by atoms with E-state index in [0.717, 1.165) is 66.9 Å². The summed E-state index contributed by atoms with van der Waals surface area (Å²) in [7, 11) is 1.38. The average molecular weight is 630 g/mol. The lowest BCUT2D eigenvalue weighted by atomic mass is 9.78. The zero-order chi connectivity index (χ0) is 31.1. The minimum Gasteiger partial charge on any atom is -0.492 e. The smallest absolute Gasteiger partial charge is 0.337 e. The van der Waals surface area contributed by atoms with Crippen LogP contribution in [0.4, 0.5) is 4.39 Å². The van der Waals surface area contributed by atoms with Crippen LogP contribution >= 0.6 is 11.6 Å². The summed E-state index contributed by atoms with van der Waals surface area (Å²) in [6.07, 6.45) is 2.88. The van der Waals surface area contributed by atoms with E-state index in [1.807, 2.05) is 24.3 Å². The van der Waals surface area contributed by atoms with Gasteiger partial charge in [-0.2, -0.15) is 0 Å². The van der Waals surface area contributed by atoms with Gasteiger partial charge in [-0.3, -0.25) is 4.90 Å². The number of hydrogen-bond donors (Lipinski definition) is 0. The van der Waals surface area contributed by atoms with E-state index in [0.29, 0.717) is 40.6 Å². The van der Waals surface area contributed by atoms with Gasteiger partial charge in [0.1, 0.15) is 23.3 Å². The third-order valence-corrected chi connectivity index (χ3v) is 9.59. The predicted octanol–water partition coefficient (Wildman–Crippen LogP) is 6.18. The molecule has 45 heavy (non-hydrogen) atoms. The number of imidazole rings is 1. The van der Waals surface area contributed by atoms with Crippen molar-refractivity contribution in [3.8, 4) is 5.75 Å². The highest BCUT2D eigenvalue weighted by atomic mass is 35.5. The number of likely N-dealkylation sites (tertiary alicyclic amines) is 1. The molecule has 1 unspecified atom stereocenters. The molecule has 0 aliphatic carbocycles. The Bertz CT molecular complexity index is 1820. The van der Waals surface area contributed by atoms with Crippen molar-refractivity contribution in [2.75, 3.05) is 33.4 Å². The fourth-order valence-corrected chi connectivity index (χ4v) is 7.01. The quantitative estimate of drug-likeness (QED) is 0.178. The van der Waals surface area contributed by atoms with Gasteiger partial charge in [0.05, 0.1) is 61.0 Å². The summed E-state index contributed by atoms with van der Waals surface area (Å²) in [5.41, 5.74) is 4.80. The van der Waals surface area contributed by atoms with Crippen molar-refractivity contribution < 1.29 is 28.2 Å². The van der Waals surface area contributed by atoms with Gasteiger partial charge in [-0.25, -0.2) is 19.0 Å². The fourth-order valence-electron chi connectivity index (χ4n) is 6.86. The van der Waals surface area contributed by atoms with Gasteiger partial charge in [-0.15, -0.1) is 0 Å². The Morgan fingerprint density at radius 1 is 1.11 bits per heavy atom. The number of hydrogen-bond acceptors (Lipinski definition) is 7. The molecule has 3 aromatic carbocycles. The average Bonchev–Trinajstić information content (AvgIpc) is 3.37. The Labute approximate surface area is 265 Å². The van der Waals surface area contributed by atoms with Crippen molar-refractivity contribution in [2.24, 2.45) is 0 Å². The van der Waals surface area contributed by atoms with Crippen molar-refractivity contribution in [3.63, 3.8) is 0 Å². The Balaban J connectivity index is 1.11. The molecule has 2 atom stereocenters. The van der Waals surface area contributed by atoms with Crippen LogP contribution in [0.3, 0.4) is 0 Å². The van der Waals surface area contributed by atoms with E-state index in [2.05, 4.69) is 21.5 Å². The van der Waals surface area contributed by atoms with Gasteiger partial charge in [0, 0.05) is 17.2 Å². The Kier molecular flexibility index (Phi) is 8.19. The molecule has 3 aliphatic heterocycles. The van der Waals surface area contributed by atoms with Crippen LogP contribution in [0.5, 0.6) is 5.75 Å². The van der Waals surface area contributed by atoms with Crippen LogP contribution in [-0.2, 0) is 27.4 Å². The molecule has 0 amide bonds. The lowest BCUT2D eigenvalue weighted by Gasteiger charge is -2.35. The van der Waals surface area contributed by atoms with Crippen molar-refractivity contribution >= 4 is 40.1 Å². The fraction of sp³-hybridized carbons (Fsp3) is 0.371. The molecule has 0 saturated carbocycles. The van der Waals surface area contributed by atoms with E-state index in [4.69, 9.17) is 30.8 Å². The lowest BCUT2D eigenvalue weighted by Crippen LogP contribution is -2.35. The molecule has 1 aromatic heterocycles. The molecule has 3 aliphatic rings. The molecule has 0 spiro atoms. The van der Waals surface area contributed by atoms with E-state index in [1.54, 1.807) is 18.2 Å². The predicted molar refractivity (Wildman–Crippen MR) is 168 cm³/mol. The third kappa shape index (κ3) is 5.66. The molecule has 0 radical (unpaired) electrons. The number of fused-ring (bicyclic) bond motifs is 2. The van der Waals surface area contributed by atoms with Crippen molar-refractivity contribution in [1.82, 2.24) is 14.5 Å². The molecule has 2 saturated heterocycles. The summed E-state index contributed by atoms with van der Waals surface area (Å²) in [4.78, 5) is 32.0. The highest BCUT2D eigenvalue weighted by Crippen LogP contribution is 2.46. The number of nitrogens with zero attached hydrogens (tertiary/aromatic N) is 3. The molecule has 7 rings (SSSR count). The van der Waals surface area contributed by atoms with E-state index in [9.17, 15) is 14.0 Å². The maximum atomic E-state index is 14.9. The maximum absolute atomic E-state index is 14.9. The first kappa shape index (κ1) is 29.7. The molecule has 8 nitrogen and oxygen atoms in total. The summed E-state index contributed by atoms with van der Waals surface area (Å²) in [6, 6.07) is 15.9. The van der Waals surface area contributed by atoms with Gasteiger partial charge in [0.15, 0.2) is 0 Å². The number of carbonyl (C=O) groups excluding carboxylic acids is 2. The maximum Gasteiger partial charge on any atom is 0.337 e. The number of rotatable bonds is 7. The van der Waals surface area contributed by atoms with Crippen molar-refractivity contribution in [1.29, 1.82) is 0 Å². The number of halogens is 2. The van der Waals surface area contributed by atoms with Crippen LogP contribution < -0.4 is 4.74 Å². The Morgan fingerprint density at radius 3 is 2.64 bits per heavy atom. The molecule has 0 N–H and O–H groups in total. The molecule has 0 bridgehead atoms. The number of piperidine rings is 1. The van der Waals surface area contributed by atoms with Gasteiger partial charge < -0.3 is 18.8 Å². The molecule has 232 valence electrons. The monoisotopic (exact) mass is 629 g/mol. The summed E-state index contributed by atoms with van der Waals surface area (Å²) in [5, 5.41) is 0.301. The van der Waals surface area contributed by atoms with Gasteiger partial charge in [0.25, 0.3) is 0 Å². The number of esters is 1. The molecular weight excluding hydrogens is 597 g/mol. The number of carbonyl (C=O) groups is 1. The van der Waals surface area contributed by atoms with Crippen LogP contribution in [0.25, 0.3) is 16.6 Å². The first-order chi connectivity index (χ1) is 21.9. The molecule has 4 heterocycles.